The number of amides is 1. The van der Waals surface area contributed by atoms with Gasteiger partial charge in [0, 0.05) is 6.54 Å². The fraction of sp³-hybridized carbons (Fsp3) is 0.750. The molecule has 4 atom stereocenters. The normalized spacial score (nSPS) is 18.7. The molecule has 15 heavy (non-hydrogen) atoms. The molecule has 0 saturated carbocycles. The molecule has 7 heteroatoms. The summed E-state index contributed by atoms with van der Waals surface area (Å²) in [5.41, 5.74) is 0. The van der Waals surface area contributed by atoms with E-state index in [9.17, 15) is 19.8 Å². The number of carbonyl (C=O) groups is 2. The summed E-state index contributed by atoms with van der Waals surface area (Å²) in [6.45, 7) is 1.85. The molecule has 0 fully saturated rings. The summed E-state index contributed by atoms with van der Waals surface area (Å²) in [5, 5.41) is 38.5. The average Bonchev–Trinajstić information content (AvgIpc) is 2.25. The lowest BCUT2D eigenvalue weighted by Gasteiger charge is -2.23. The Kier molecular flexibility index (Phi) is 6.02. The fourth-order valence-electron chi connectivity index (χ4n) is 0.903. The molecular formula is C8H15NO6. The van der Waals surface area contributed by atoms with Crippen LogP contribution in [-0.4, -0.2) is 63.6 Å². The smallest absolute Gasteiger partial charge is 0.251 e. The molecule has 0 saturated heterocycles. The van der Waals surface area contributed by atoms with E-state index in [1.165, 1.54) is 0 Å². The molecular weight excluding hydrogens is 206 g/mol. The summed E-state index contributed by atoms with van der Waals surface area (Å²) in [4.78, 5) is 21.1. The Balaban J connectivity index is 4.35. The second-order valence-corrected chi connectivity index (χ2v) is 2.95. The molecule has 7 nitrogen and oxygen atoms in total. The number of aldehydes is 1. The predicted molar refractivity (Wildman–Crippen MR) is 48.8 cm³/mol. The Labute approximate surface area is 86.3 Å². The van der Waals surface area contributed by atoms with Gasteiger partial charge < -0.3 is 30.5 Å². The van der Waals surface area contributed by atoms with Crippen LogP contribution in [0.2, 0.25) is 0 Å². The number of aliphatic hydroxyl groups is 4. The van der Waals surface area contributed by atoms with Crippen LogP contribution < -0.4 is 5.32 Å². The summed E-state index contributed by atoms with van der Waals surface area (Å²) in [6, 6.07) is 0. The van der Waals surface area contributed by atoms with Crippen LogP contribution in [0.15, 0.2) is 0 Å². The summed E-state index contributed by atoms with van der Waals surface area (Å²) in [6.07, 6.45) is -7.56. The van der Waals surface area contributed by atoms with E-state index in [0.29, 0.717) is 0 Å². The second-order valence-electron chi connectivity index (χ2n) is 2.95. The molecule has 0 aromatic heterocycles. The Morgan fingerprint density at radius 3 is 2.20 bits per heavy atom. The molecule has 88 valence electrons. The van der Waals surface area contributed by atoms with Crippen molar-refractivity contribution in [3.05, 3.63) is 0 Å². The van der Waals surface area contributed by atoms with Crippen molar-refractivity contribution >= 4 is 12.2 Å². The maximum atomic E-state index is 11.0. The lowest BCUT2D eigenvalue weighted by atomic mass is 10.0. The van der Waals surface area contributed by atoms with Crippen LogP contribution in [0.1, 0.15) is 6.92 Å². The van der Waals surface area contributed by atoms with Crippen LogP contribution >= 0.6 is 0 Å². The van der Waals surface area contributed by atoms with E-state index in [1.54, 1.807) is 6.92 Å². The van der Waals surface area contributed by atoms with Crippen molar-refractivity contribution in [3.63, 3.8) is 0 Å². The number of likely N-dealkylation sites (N-methyl/N-ethyl adjacent to an activating group) is 1. The van der Waals surface area contributed by atoms with Gasteiger partial charge in [0.1, 0.15) is 18.3 Å². The van der Waals surface area contributed by atoms with Gasteiger partial charge in [0.05, 0.1) is 0 Å². The van der Waals surface area contributed by atoms with Gasteiger partial charge in [-0.15, -0.1) is 0 Å². The molecule has 0 bridgehead atoms. The minimum Gasteiger partial charge on any atom is -0.387 e. The van der Waals surface area contributed by atoms with Gasteiger partial charge >= 0.3 is 0 Å². The van der Waals surface area contributed by atoms with E-state index in [0.717, 1.165) is 0 Å². The van der Waals surface area contributed by atoms with Crippen molar-refractivity contribution in [1.82, 2.24) is 5.32 Å². The van der Waals surface area contributed by atoms with E-state index in [4.69, 9.17) is 10.2 Å². The van der Waals surface area contributed by atoms with Crippen molar-refractivity contribution in [2.24, 2.45) is 0 Å². The summed E-state index contributed by atoms with van der Waals surface area (Å²) in [5.74, 6) is -0.887. The highest BCUT2D eigenvalue weighted by Gasteiger charge is 2.33. The minimum absolute atomic E-state index is 0.00165. The van der Waals surface area contributed by atoms with Gasteiger partial charge in [-0.1, -0.05) is 0 Å². The molecule has 0 aliphatic carbocycles. The molecule has 0 aromatic carbocycles. The monoisotopic (exact) mass is 221 g/mol. The fourth-order valence-corrected chi connectivity index (χ4v) is 0.903. The molecule has 0 aliphatic rings. The zero-order valence-corrected chi connectivity index (χ0v) is 8.20. The van der Waals surface area contributed by atoms with Crippen LogP contribution in [0.25, 0.3) is 0 Å². The Hall–Kier alpha value is -1.02. The van der Waals surface area contributed by atoms with Crippen LogP contribution in [0.5, 0.6) is 0 Å². The van der Waals surface area contributed by atoms with Gasteiger partial charge in [-0.2, -0.15) is 0 Å². The standard InChI is InChI=1S/C8H15NO6/c1-2-9-8(15)7(14)6(13)5(12)4(11)3-10/h3-7,11-14H,2H2,1H3,(H,9,15)/t4-,5+,6-,7-/m0/s1. The topological polar surface area (TPSA) is 127 Å². The number of rotatable bonds is 6. The lowest BCUT2D eigenvalue weighted by Crippen LogP contribution is -2.51. The largest absolute Gasteiger partial charge is 0.387 e. The number of hydrogen-bond acceptors (Lipinski definition) is 6. The third-order valence-electron chi connectivity index (χ3n) is 1.78. The quantitative estimate of drug-likeness (QED) is 0.300. The van der Waals surface area contributed by atoms with E-state index < -0.39 is 30.3 Å². The molecule has 0 heterocycles. The number of aliphatic hydroxyl groups excluding tert-OH is 4. The third-order valence-corrected chi connectivity index (χ3v) is 1.78. The maximum Gasteiger partial charge on any atom is 0.251 e. The third kappa shape index (κ3) is 3.92. The number of carbonyl (C=O) groups excluding carboxylic acids is 2. The van der Waals surface area contributed by atoms with Crippen molar-refractivity contribution < 1.29 is 30.0 Å². The van der Waals surface area contributed by atoms with E-state index in [-0.39, 0.29) is 12.8 Å². The van der Waals surface area contributed by atoms with E-state index in [2.05, 4.69) is 5.32 Å². The average molecular weight is 221 g/mol. The summed E-state index contributed by atoms with van der Waals surface area (Å²) in [7, 11) is 0. The highest BCUT2D eigenvalue weighted by molar-refractivity contribution is 5.81. The second kappa shape index (κ2) is 6.46. The molecule has 0 aromatic rings. The first-order valence-electron chi connectivity index (χ1n) is 4.41. The van der Waals surface area contributed by atoms with Crippen molar-refractivity contribution in [3.8, 4) is 0 Å². The molecule has 1 amide bonds. The Morgan fingerprint density at radius 2 is 1.80 bits per heavy atom. The molecule has 0 aliphatic heterocycles. The summed E-state index contributed by atoms with van der Waals surface area (Å²) >= 11 is 0. The maximum absolute atomic E-state index is 11.0. The predicted octanol–water partition coefficient (Wildman–Crippen LogP) is -3.24. The molecule has 0 unspecified atom stereocenters. The molecule has 5 N–H and O–H groups in total. The highest BCUT2D eigenvalue weighted by Crippen LogP contribution is 2.04. The van der Waals surface area contributed by atoms with Gasteiger partial charge in [0.25, 0.3) is 5.91 Å². The first kappa shape index (κ1) is 14.0. The number of hydrogen-bond donors (Lipinski definition) is 5. The van der Waals surface area contributed by atoms with Crippen LogP contribution in [-0.2, 0) is 9.59 Å². The molecule has 0 rings (SSSR count). The van der Waals surface area contributed by atoms with Crippen molar-refractivity contribution in [1.29, 1.82) is 0 Å². The molecule has 0 spiro atoms. The van der Waals surface area contributed by atoms with Crippen molar-refractivity contribution in [2.75, 3.05) is 6.54 Å². The van der Waals surface area contributed by atoms with Gasteiger partial charge in [0.15, 0.2) is 12.4 Å². The SMILES string of the molecule is CCNC(=O)[C@@H](O)[C@@H](O)[C@H](O)[C@@H](O)C=O. The van der Waals surface area contributed by atoms with E-state index in [1.807, 2.05) is 0 Å². The highest BCUT2D eigenvalue weighted by atomic mass is 16.4. The van der Waals surface area contributed by atoms with Gasteiger partial charge in [-0.3, -0.25) is 4.79 Å². The van der Waals surface area contributed by atoms with Gasteiger partial charge in [-0.25, -0.2) is 0 Å². The first-order chi connectivity index (χ1) is 6.95. The minimum atomic E-state index is -1.92. The van der Waals surface area contributed by atoms with Crippen LogP contribution in [0.3, 0.4) is 0 Å². The van der Waals surface area contributed by atoms with Crippen LogP contribution in [0, 0.1) is 0 Å². The van der Waals surface area contributed by atoms with Gasteiger partial charge in [0.2, 0.25) is 0 Å². The summed E-state index contributed by atoms with van der Waals surface area (Å²) < 4.78 is 0. The first-order valence-corrected chi connectivity index (χ1v) is 4.41. The lowest BCUT2D eigenvalue weighted by molar-refractivity contribution is -0.149. The van der Waals surface area contributed by atoms with E-state index >= 15 is 0 Å². The number of nitrogens with one attached hydrogen (secondary N) is 1. The zero-order valence-electron chi connectivity index (χ0n) is 8.20. The molecule has 0 radical (unpaired) electrons. The van der Waals surface area contributed by atoms with Crippen molar-refractivity contribution in [2.45, 2.75) is 31.3 Å². The van der Waals surface area contributed by atoms with Crippen LogP contribution in [0.4, 0.5) is 0 Å². The van der Waals surface area contributed by atoms with Gasteiger partial charge in [-0.05, 0) is 6.92 Å². The Morgan fingerprint density at radius 1 is 1.27 bits per heavy atom. The Bertz CT molecular complexity index is 221. The zero-order chi connectivity index (χ0) is 12.0.